The van der Waals surface area contributed by atoms with Crippen LogP contribution in [0.25, 0.3) is 10.9 Å². The van der Waals surface area contributed by atoms with Crippen molar-refractivity contribution >= 4 is 57.3 Å². The number of hydrogen-bond acceptors (Lipinski definition) is 1. The first-order chi connectivity index (χ1) is 7.39. The van der Waals surface area contributed by atoms with Crippen LogP contribution >= 0.6 is 46.4 Å². The molecule has 16 heavy (non-hydrogen) atoms. The van der Waals surface area contributed by atoms with E-state index in [1.807, 2.05) is 19.1 Å². The first kappa shape index (κ1) is 12.3. The van der Waals surface area contributed by atoms with Gasteiger partial charge in [-0.2, -0.15) is 0 Å². The molecule has 2 rings (SSSR count). The zero-order valence-corrected chi connectivity index (χ0v) is 11.3. The Morgan fingerprint density at radius 3 is 2.50 bits per heavy atom. The summed E-state index contributed by atoms with van der Waals surface area (Å²) < 4.78 is -1.57. The normalized spacial score (nSPS) is 12.1. The summed E-state index contributed by atoms with van der Waals surface area (Å²) in [6.45, 7) is 1.95. The van der Waals surface area contributed by atoms with E-state index in [9.17, 15) is 0 Å². The molecule has 0 aliphatic heterocycles. The van der Waals surface area contributed by atoms with Gasteiger partial charge in [0.15, 0.2) is 0 Å². The quantitative estimate of drug-likeness (QED) is 0.622. The zero-order valence-electron chi connectivity index (χ0n) is 8.27. The van der Waals surface area contributed by atoms with Gasteiger partial charge in [0.2, 0.25) is 3.79 Å². The monoisotopic (exact) mass is 293 g/mol. The smallest absolute Gasteiger partial charge is 0.219 e. The molecule has 0 radical (unpaired) electrons. The molecule has 0 spiro atoms. The van der Waals surface area contributed by atoms with Crippen molar-refractivity contribution in [2.24, 2.45) is 0 Å². The predicted molar refractivity (Wildman–Crippen MR) is 70.7 cm³/mol. The summed E-state index contributed by atoms with van der Waals surface area (Å²) >= 11 is 23.7. The van der Waals surface area contributed by atoms with E-state index in [4.69, 9.17) is 46.4 Å². The predicted octanol–water partition coefficient (Wildman–Crippen LogP) is 5.02. The van der Waals surface area contributed by atoms with Crippen LogP contribution in [0.2, 0.25) is 5.02 Å². The van der Waals surface area contributed by atoms with Gasteiger partial charge >= 0.3 is 0 Å². The fourth-order valence-electron chi connectivity index (χ4n) is 1.56. The molecule has 5 heteroatoms. The number of halogens is 4. The van der Waals surface area contributed by atoms with Crippen LogP contribution in [0.15, 0.2) is 24.4 Å². The number of aryl methyl sites for hydroxylation is 1. The number of pyridine rings is 1. The molecule has 0 atom stereocenters. The van der Waals surface area contributed by atoms with Crippen molar-refractivity contribution in [2.75, 3.05) is 0 Å². The van der Waals surface area contributed by atoms with E-state index in [1.165, 1.54) is 0 Å². The largest absolute Gasteiger partial charge is 0.255 e. The Balaban J connectivity index is 2.85. The second-order valence-corrected chi connectivity index (χ2v) is 6.19. The van der Waals surface area contributed by atoms with Crippen LogP contribution in [0.5, 0.6) is 0 Å². The lowest BCUT2D eigenvalue weighted by molar-refractivity contribution is 1.23. The SMILES string of the molecule is Cc1cnc2c(C(Cl)(Cl)Cl)c(Cl)ccc2c1. The number of alkyl halides is 3. The third-order valence-electron chi connectivity index (χ3n) is 2.22. The Morgan fingerprint density at radius 2 is 1.88 bits per heavy atom. The van der Waals surface area contributed by atoms with E-state index < -0.39 is 3.79 Å². The summed E-state index contributed by atoms with van der Waals surface area (Å²) in [7, 11) is 0. The molecule has 0 aliphatic rings. The molecule has 0 saturated heterocycles. The van der Waals surface area contributed by atoms with Gasteiger partial charge in [0.05, 0.1) is 10.5 Å². The highest BCUT2D eigenvalue weighted by Gasteiger charge is 2.28. The minimum Gasteiger partial charge on any atom is -0.255 e. The number of fused-ring (bicyclic) bond motifs is 1. The number of benzene rings is 1. The van der Waals surface area contributed by atoms with Crippen molar-refractivity contribution in [1.29, 1.82) is 0 Å². The molecule has 2 aromatic rings. The summed E-state index contributed by atoms with van der Waals surface area (Å²) in [6, 6.07) is 5.54. The maximum absolute atomic E-state index is 6.03. The first-order valence-electron chi connectivity index (χ1n) is 4.51. The molecule has 1 aromatic heterocycles. The molecule has 1 aromatic carbocycles. The first-order valence-corrected chi connectivity index (χ1v) is 6.03. The summed E-state index contributed by atoms with van der Waals surface area (Å²) in [5.74, 6) is 0. The van der Waals surface area contributed by atoms with Crippen LogP contribution < -0.4 is 0 Å². The molecule has 1 heterocycles. The Bertz CT molecular complexity index is 545. The standard InChI is InChI=1S/C11H7Cl4N/c1-6-4-7-2-3-8(12)9(11(13,14)15)10(7)16-5-6/h2-5H,1H3. The van der Waals surface area contributed by atoms with Gasteiger partial charge in [-0.15, -0.1) is 0 Å². The van der Waals surface area contributed by atoms with Gasteiger partial charge in [-0.1, -0.05) is 52.5 Å². The summed E-state index contributed by atoms with van der Waals surface area (Å²) in [4.78, 5) is 4.27. The Labute approximate surface area is 113 Å². The molecule has 0 amide bonds. The van der Waals surface area contributed by atoms with Crippen molar-refractivity contribution < 1.29 is 0 Å². The van der Waals surface area contributed by atoms with Gasteiger partial charge in [-0.05, 0) is 24.6 Å². The second kappa shape index (κ2) is 4.23. The maximum atomic E-state index is 6.03. The van der Waals surface area contributed by atoms with Crippen molar-refractivity contribution in [1.82, 2.24) is 4.98 Å². The van der Waals surface area contributed by atoms with E-state index in [0.29, 0.717) is 16.1 Å². The molecular formula is C11H7Cl4N. The Hall–Kier alpha value is -0.210. The highest BCUT2D eigenvalue weighted by atomic mass is 35.6. The van der Waals surface area contributed by atoms with Crippen LogP contribution in [0, 0.1) is 6.92 Å². The van der Waals surface area contributed by atoms with Gasteiger partial charge in [-0.25, -0.2) is 0 Å². The summed E-state index contributed by atoms with van der Waals surface area (Å²) in [5.41, 5.74) is 2.10. The lowest BCUT2D eigenvalue weighted by Gasteiger charge is -2.15. The molecule has 0 bridgehead atoms. The summed E-state index contributed by atoms with van der Waals surface area (Å²) in [5, 5.41) is 1.31. The molecule has 0 aliphatic carbocycles. The van der Waals surface area contributed by atoms with Crippen molar-refractivity contribution in [3.63, 3.8) is 0 Å². The van der Waals surface area contributed by atoms with Gasteiger partial charge < -0.3 is 0 Å². The van der Waals surface area contributed by atoms with Crippen LogP contribution in [-0.2, 0) is 3.79 Å². The Morgan fingerprint density at radius 1 is 1.19 bits per heavy atom. The van der Waals surface area contributed by atoms with Crippen LogP contribution in [0.4, 0.5) is 0 Å². The minimum absolute atomic E-state index is 0.406. The Kier molecular flexibility index (Phi) is 3.24. The average molecular weight is 295 g/mol. The van der Waals surface area contributed by atoms with Gasteiger partial charge in [0, 0.05) is 17.1 Å². The molecule has 0 saturated carbocycles. The number of aromatic nitrogens is 1. The topological polar surface area (TPSA) is 12.9 Å². The van der Waals surface area contributed by atoms with E-state index in [2.05, 4.69) is 4.98 Å². The van der Waals surface area contributed by atoms with E-state index >= 15 is 0 Å². The van der Waals surface area contributed by atoms with Crippen LogP contribution in [-0.4, -0.2) is 4.98 Å². The lowest BCUT2D eigenvalue weighted by atomic mass is 10.1. The van der Waals surface area contributed by atoms with Crippen LogP contribution in [0.3, 0.4) is 0 Å². The van der Waals surface area contributed by atoms with Gasteiger partial charge in [-0.3, -0.25) is 4.98 Å². The van der Waals surface area contributed by atoms with Gasteiger partial charge in [0.1, 0.15) is 0 Å². The zero-order chi connectivity index (χ0) is 11.9. The van der Waals surface area contributed by atoms with E-state index in [-0.39, 0.29) is 0 Å². The second-order valence-electron chi connectivity index (χ2n) is 3.50. The molecule has 0 fully saturated rings. The molecule has 1 nitrogen and oxygen atoms in total. The van der Waals surface area contributed by atoms with E-state index in [1.54, 1.807) is 12.3 Å². The maximum Gasteiger partial charge on any atom is 0.219 e. The van der Waals surface area contributed by atoms with Gasteiger partial charge in [0.25, 0.3) is 0 Å². The number of nitrogens with zero attached hydrogens (tertiary/aromatic N) is 1. The highest BCUT2D eigenvalue weighted by molar-refractivity contribution is 6.67. The number of rotatable bonds is 0. The third-order valence-corrected chi connectivity index (χ3v) is 3.10. The molecule has 0 unspecified atom stereocenters. The molecule has 0 N–H and O–H groups in total. The van der Waals surface area contributed by atoms with Crippen molar-refractivity contribution in [3.05, 3.63) is 40.5 Å². The van der Waals surface area contributed by atoms with Crippen molar-refractivity contribution in [3.8, 4) is 0 Å². The fraction of sp³-hybridized carbons (Fsp3) is 0.182. The number of hydrogen-bond donors (Lipinski definition) is 0. The van der Waals surface area contributed by atoms with Crippen molar-refractivity contribution in [2.45, 2.75) is 10.7 Å². The molecule has 84 valence electrons. The minimum atomic E-state index is -1.57. The highest BCUT2D eigenvalue weighted by Crippen LogP contribution is 2.44. The fourth-order valence-corrected chi connectivity index (χ4v) is 2.57. The lowest BCUT2D eigenvalue weighted by Crippen LogP contribution is -2.03. The van der Waals surface area contributed by atoms with Crippen LogP contribution in [0.1, 0.15) is 11.1 Å². The third kappa shape index (κ3) is 2.23. The molecular weight excluding hydrogens is 288 g/mol. The average Bonchev–Trinajstić information content (AvgIpc) is 2.16. The van der Waals surface area contributed by atoms with E-state index in [0.717, 1.165) is 10.9 Å². The summed E-state index contributed by atoms with van der Waals surface area (Å²) in [6.07, 6.45) is 1.72.